The van der Waals surface area contributed by atoms with Crippen molar-refractivity contribution < 1.29 is 9.90 Å². The van der Waals surface area contributed by atoms with Crippen molar-refractivity contribution in [3.05, 3.63) is 0 Å². The SMILES string of the molecule is CN1[Se][C@]1(CS)C(=O)O. The maximum atomic E-state index is 10.5. The minimum atomic E-state index is -0.736. The third kappa shape index (κ3) is 0.984. The number of nitrogens with zero attached hydrogens (tertiary/aromatic N) is 1. The summed E-state index contributed by atoms with van der Waals surface area (Å²) in [7, 11) is 1.81. The van der Waals surface area contributed by atoms with Gasteiger partial charge in [0, 0.05) is 0 Å². The molecule has 0 saturated carbocycles. The Balaban J connectivity index is 2.62. The molecule has 0 bridgehead atoms. The van der Waals surface area contributed by atoms with Gasteiger partial charge in [0.2, 0.25) is 0 Å². The van der Waals surface area contributed by atoms with E-state index in [2.05, 4.69) is 12.6 Å². The number of likely N-dealkylation sites (N-methyl/N-ethyl adjacent to an activating group) is 1. The summed E-state index contributed by atoms with van der Waals surface area (Å²) >= 11 is 4.08. The van der Waals surface area contributed by atoms with E-state index >= 15 is 0 Å². The summed E-state index contributed by atoms with van der Waals surface area (Å²) in [4.78, 5) is 10.5. The fourth-order valence-corrected chi connectivity index (χ4v) is 2.89. The van der Waals surface area contributed by atoms with Crippen LogP contribution >= 0.6 is 12.6 Å². The van der Waals surface area contributed by atoms with Crippen LogP contribution in [-0.2, 0) is 4.79 Å². The summed E-state index contributed by atoms with van der Waals surface area (Å²) in [6, 6.07) is 0. The third-order valence-electron chi connectivity index (χ3n) is 1.31. The van der Waals surface area contributed by atoms with Gasteiger partial charge in [-0.2, -0.15) is 0 Å². The predicted octanol–water partition coefficient (Wildman–Crippen LogP) is -0.738. The van der Waals surface area contributed by atoms with Crippen molar-refractivity contribution in [3.63, 3.8) is 0 Å². The van der Waals surface area contributed by atoms with Gasteiger partial charge in [0.1, 0.15) is 0 Å². The third-order valence-corrected chi connectivity index (χ3v) is 4.99. The number of carboxylic acid groups (broad SMARTS) is 1. The molecular formula is C4H7NO2SSe. The van der Waals surface area contributed by atoms with Crippen LogP contribution in [0.15, 0.2) is 0 Å². The fourth-order valence-electron chi connectivity index (χ4n) is 0.576. The summed E-state index contributed by atoms with van der Waals surface area (Å²) in [5.41, 5.74) is 0. The second-order valence-electron chi connectivity index (χ2n) is 1.84. The van der Waals surface area contributed by atoms with Gasteiger partial charge >= 0.3 is 64.8 Å². The number of hydrogen-bond donors (Lipinski definition) is 2. The Bertz CT molecular complexity index is 150. The molecule has 1 rings (SSSR count). The number of hydrogen-bond acceptors (Lipinski definition) is 3. The van der Waals surface area contributed by atoms with Crippen LogP contribution in [0.3, 0.4) is 0 Å². The molecule has 0 aliphatic carbocycles. The van der Waals surface area contributed by atoms with E-state index in [-0.39, 0.29) is 15.2 Å². The van der Waals surface area contributed by atoms with Crippen molar-refractivity contribution in [3.8, 4) is 0 Å². The van der Waals surface area contributed by atoms with E-state index in [1.165, 1.54) is 0 Å². The van der Waals surface area contributed by atoms with Gasteiger partial charge in [-0.3, -0.25) is 0 Å². The molecule has 9 heavy (non-hydrogen) atoms. The molecular weight excluding hydrogens is 205 g/mol. The zero-order valence-electron chi connectivity index (χ0n) is 4.87. The van der Waals surface area contributed by atoms with E-state index in [0.717, 1.165) is 0 Å². The van der Waals surface area contributed by atoms with Crippen LogP contribution in [0, 0.1) is 0 Å². The van der Waals surface area contributed by atoms with Crippen molar-refractivity contribution >= 4 is 33.8 Å². The Morgan fingerprint density at radius 1 is 2.00 bits per heavy atom. The summed E-state index contributed by atoms with van der Waals surface area (Å²) < 4.78 is 1.26. The first-order valence-electron chi connectivity index (χ1n) is 2.41. The average Bonchev–Trinajstić information content (AvgIpc) is 2.43. The second-order valence-corrected chi connectivity index (χ2v) is 5.10. The first kappa shape index (κ1) is 7.41. The molecule has 3 nitrogen and oxygen atoms in total. The fraction of sp³-hybridized carbons (Fsp3) is 0.750. The molecule has 1 unspecified atom stereocenters. The molecule has 2 atom stereocenters. The van der Waals surface area contributed by atoms with Gasteiger partial charge in [-0.15, -0.1) is 0 Å². The molecule has 1 aliphatic heterocycles. The standard InChI is InChI=1S/C4H7NO2SSe/c1-5-4(2-8,9-5)3(6)7/h8H,2H2,1H3,(H,6,7)/t4-,5?/m1/s1. The molecule has 0 spiro atoms. The second kappa shape index (κ2) is 2.16. The van der Waals surface area contributed by atoms with Crippen molar-refractivity contribution in [2.24, 2.45) is 0 Å². The summed E-state index contributed by atoms with van der Waals surface area (Å²) in [6.07, 6.45) is 0. The number of thiol groups is 1. The summed E-state index contributed by atoms with van der Waals surface area (Å²) in [5.74, 6) is -0.307. The van der Waals surface area contributed by atoms with E-state index < -0.39 is 10.4 Å². The maximum absolute atomic E-state index is 10.5. The molecule has 1 saturated heterocycles. The van der Waals surface area contributed by atoms with Gasteiger partial charge in [-0.25, -0.2) is 0 Å². The molecule has 1 fully saturated rings. The number of aliphatic carboxylic acids is 1. The van der Waals surface area contributed by atoms with Crippen LogP contribution < -0.4 is 0 Å². The molecule has 52 valence electrons. The Labute approximate surface area is 65.2 Å². The van der Waals surface area contributed by atoms with E-state index in [9.17, 15) is 4.79 Å². The average molecular weight is 212 g/mol. The van der Waals surface area contributed by atoms with Crippen molar-refractivity contribution in [2.45, 2.75) is 4.44 Å². The Morgan fingerprint density at radius 3 is 2.44 bits per heavy atom. The predicted molar refractivity (Wildman–Crippen MR) is 37.7 cm³/mol. The van der Waals surface area contributed by atoms with Crippen molar-refractivity contribution in [2.75, 3.05) is 12.8 Å². The molecule has 1 heterocycles. The topological polar surface area (TPSA) is 40.3 Å². The van der Waals surface area contributed by atoms with Gasteiger partial charge in [0.05, 0.1) is 0 Å². The monoisotopic (exact) mass is 213 g/mol. The van der Waals surface area contributed by atoms with Crippen LogP contribution in [0.25, 0.3) is 0 Å². The van der Waals surface area contributed by atoms with Crippen LogP contribution in [0.2, 0.25) is 0 Å². The summed E-state index contributed by atoms with van der Waals surface area (Å²) in [6.45, 7) is 0. The number of carbonyl (C=O) groups is 1. The van der Waals surface area contributed by atoms with E-state index in [1.54, 1.807) is 0 Å². The quantitative estimate of drug-likeness (QED) is 0.360. The van der Waals surface area contributed by atoms with E-state index in [0.29, 0.717) is 5.75 Å². The van der Waals surface area contributed by atoms with Crippen LogP contribution in [0.1, 0.15) is 0 Å². The molecule has 0 aromatic carbocycles. The molecule has 0 aromatic heterocycles. The molecule has 5 heteroatoms. The van der Waals surface area contributed by atoms with Crippen LogP contribution in [0.5, 0.6) is 0 Å². The number of rotatable bonds is 2. The van der Waals surface area contributed by atoms with Crippen LogP contribution in [0.4, 0.5) is 0 Å². The van der Waals surface area contributed by atoms with Crippen molar-refractivity contribution in [1.29, 1.82) is 0 Å². The zero-order valence-corrected chi connectivity index (χ0v) is 7.47. The Kier molecular flexibility index (Phi) is 1.78. The summed E-state index contributed by atoms with van der Waals surface area (Å²) in [5, 5.41) is 8.60. The first-order chi connectivity index (χ1) is 4.13. The molecule has 0 amide bonds. The van der Waals surface area contributed by atoms with Gasteiger partial charge in [-0.1, -0.05) is 0 Å². The number of carboxylic acids is 1. The Hall–Kier alpha value is 0.299. The van der Waals surface area contributed by atoms with Gasteiger partial charge in [0.25, 0.3) is 0 Å². The zero-order chi connectivity index (χ0) is 7.07. The molecule has 0 aromatic rings. The van der Waals surface area contributed by atoms with E-state index in [1.807, 2.05) is 11.0 Å². The normalized spacial score (nSPS) is 40.4. The minimum absolute atomic E-state index is 0.126. The molecule has 1 aliphatic rings. The Morgan fingerprint density at radius 2 is 2.44 bits per heavy atom. The van der Waals surface area contributed by atoms with Gasteiger partial charge < -0.3 is 0 Å². The van der Waals surface area contributed by atoms with E-state index in [4.69, 9.17) is 5.11 Å². The first-order valence-corrected chi connectivity index (χ1v) is 4.66. The molecule has 1 N–H and O–H groups in total. The van der Waals surface area contributed by atoms with Gasteiger partial charge in [-0.05, 0) is 0 Å². The molecule has 0 radical (unpaired) electrons. The van der Waals surface area contributed by atoms with Crippen LogP contribution in [-0.4, -0.2) is 47.4 Å². The van der Waals surface area contributed by atoms with Gasteiger partial charge in [0.15, 0.2) is 0 Å². The van der Waals surface area contributed by atoms with Crippen molar-refractivity contribution in [1.82, 2.24) is 3.92 Å².